The van der Waals surface area contributed by atoms with Crippen LogP contribution in [0.15, 0.2) is 78.2 Å². The van der Waals surface area contributed by atoms with E-state index in [0.717, 1.165) is 11.1 Å². The van der Waals surface area contributed by atoms with Crippen LogP contribution in [0.1, 0.15) is 22.8 Å². The highest BCUT2D eigenvalue weighted by molar-refractivity contribution is 7.89. The van der Waals surface area contributed by atoms with Crippen LogP contribution in [-0.4, -0.2) is 33.8 Å². The third kappa shape index (κ3) is 3.37. The monoisotopic (exact) mass is 381 g/mol. The molecular weight excluding hydrogens is 362 g/mol. The van der Waals surface area contributed by atoms with Crippen LogP contribution < -0.4 is 0 Å². The highest BCUT2D eigenvalue weighted by Crippen LogP contribution is 2.38. The van der Waals surface area contributed by atoms with E-state index < -0.39 is 22.2 Å². The number of aromatic nitrogens is 2. The molecule has 4 rings (SSSR count). The van der Waals surface area contributed by atoms with Crippen molar-refractivity contribution in [3.63, 3.8) is 0 Å². The lowest BCUT2D eigenvalue weighted by molar-refractivity contribution is 0.0769. The summed E-state index contributed by atoms with van der Waals surface area (Å²) in [6, 6.07) is 13.3. The van der Waals surface area contributed by atoms with Crippen LogP contribution in [0.2, 0.25) is 0 Å². The van der Waals surface area contributed by atoms with E-state index in [1.54, 1.807) is 55.1 Å². The predicted molar refractivity (Wildman–Crippen MR) is 100 cm³/mol. The summed E-state index contributed by atoms with van der Waals surface area (Å²) in [6.45, 7) is 0.150. The maximum absolute atomic E-state index is 13.3. The normalized spacial score (nSPS) is 21.5. The molecule has 138 valence electrons. The molecule has 1 N–H and O–H groups in total. The summed E-state index contributed by atoms with van der Waals surface area (Å²) in [4.78, 5) is 8.24. The molecule has 2 atom stereocenters. The molecule has 3 aromatic rings. The number of aliphatic hydroxyl groups is 1. The van der Waals surface area contributed by atoms with Gasteiger partial charge in [-0.15, -0.1) is 0 Å². The van der Waals surface area contributed by atoms with E-state index in [0.29, 0.717) is 12.0 Å². The van der Waals surface area contributed by atoms with Gasteiger partial charge >= 0.3 is 0 Å². The number of rotatable bonds is 4. The summed E-state index contributed by atoms with van der Waals surface area (Å²) in [7, 11) is -3.75. The SMILES string of the molecule is O=S1(=O)c2ccccc2[C@@H](O)[C@@H](Cc2ccncc2)N1Cc1cccnc1. The second-order valence-corrected chi connectivity index (χ2v) is 8.38. The summed E-state index contributed by atoms with van der Waals surface area (Å²) in [6.07, 6.45) is 6.09. The smallest absolute Gasteiger partial charge is 0.244 e. The largest absolute Gasteiger partial charge is 0.387 e. The molecule has 0 radical (unpaired) electrons. The fraction of sp³-hybridized carbons (Fsp3) is 0.200. The quantitative estimate of drug-likeness (QED) is 0.750. The van der Waals surface area contributed by atoms with Gasteiger partial charge in [0.1, 0.15) is 0 Å². The maximum Gasteiger partial charge on any atom is 0.244 e. The summed E-state index contributed by atoms with van der Waals surface area (Å²) in [5, 5.41) is 11.0. The first-order valence-electron chi connectivity index (χ1n) is 8.64. The van der Waals surface area contributed by atoms with Crippen molar-refractivity contribution in [2.75, 3.05) is 0 Å². The summed E-state index contributed by atoms with van der Waals surface area (Å²) in [5.74, 6) is 0. The Bertz CT molecular complexity index is 1030. The molecule has 27 heavy (non-hydrogen) atoms. The lowest BCUT2D eigenvalue weighted by atomic mass is 9.96. The molecular formula is C20H19N3O3S. The topological polar surface area (TPSA) is 83.4 Å². The maximum atomic E-state index is 13.3. The molecule has 0 saturated heterocycles. The molecule has 0 saturated carbocycles. The van der Waals surface area contributed by atoms with Gasteiger partial charge in [-0.3, -0.25) is 9.97 Å². The van der Waals surface area contributed by atoms with Crippen LogP contribution in [0.25, 0.3) is 0 Å². The molecule has 0 bridgehead atoms. The van der Waals surface area contributed by atoms with Crippen LogP contribution in [0.4, 0.5) is 0 Å². The number of hydrogen-bond donors (Lipinski definition) is 1. The van der Waals surface area contributed by atoms with Gasteiger partial charge in [0.05, 0.1) is 17.0 Å². The van der Waals surface area contributed by atoms with Gasteiger partial charge < -0.3 is 5.11 Å². The Morgan fingerprint density at radius 3 is 2.44 bits per heavy atom. The molecule has 0 aliphatic carbocycles. The van der Waals surface area contributed by atoms with Gasteiger partial charge in [-0.1, -0.05) is 24.3 Å². The Balaban J connectivity index is 1.80. The summed E-state index contributed by atoms with van der Waals surface area (Å²) >= 11 is 0. The molecule has 1 aliphatic rings. The van der Waals surface area contributed by atoms with Crippen molar-refractivity contribution in [3.8, 4) is 0 Å². The first-order valence-corrected chi connectivity index (χ1v) is 10.1. The van der Waals surface area contributed by atoms with Crippen molar-refractivity contribution in [1.82, 2.24) is 14.3 Å². The Kier molecular flexibility index (Phi) is 4.73. The van der Waals surface area contributed by atoms with E-state index in [1.165, 1.54) is 4.31 Å². The van der Waals surface area contributed by atoms with Crippen LogP contribution in [0.5, 0.6) is 0 Å². The first kappa shape index (κ1) is 17.8. The minimum Gasteiger partial charge on any atom is -0.387 e. The zero-order valence-corrected chi connectivity index (χ0v) is 15.3. The first-order chi connectivity index (χ1) is 13.1. The van der Waals surface area contributed by atoms with E-state index in [4.69, 9.17) is 0 Å². The number of sulfonamides is 1. The summed E-state index contributed by atoms with van der Waals surface area (Å²) in [5.41, 5.74) is 2.13. The van der Waals surface area contributed by atoms with Gasteiger partial charge in [0, 0.05) is 36.9 Å². The lowest BCUT2D eigenvalue weighted by Gasteiger charge is -2.39. The zero-order valence-electron chi connectivity index (χ0n) is 14.5. The fourth-order valence-electron chi connectivity index (χ4n) is 3.48. The third-order valence-corrected chi connectivity index (χ3v) is 6.76. The van der Waals surface area contributed by atoms with Gasteiger partial charge in [0.25, 0.3) is 0 Å². The van der Waals surface area contributed by atoms with Gasteiger partial charge in [0.2, 0.25) is 10.0 Å². The number of pyridine rings is 2. The predicted octanol–water partition coefficient (Wildman–Crippen LogP) is 2.33. The number of benzene rings is 1. The zero-order chi connectivity index (χ0) is 18.9. The number of nitrogens with zero attached hydrogens (tertiary/aromatic N) is 3. The van der Waals surface area contributed by atoms with Crippen molar-refractivity contribution >= 4 is 10.0 Å². The third-order valence-electron chi connectivity index (χ3n) is 4.81. The molecule has 3 heterocycles. The number of fused-ring (bicyclic) bond motifs is 1. The van der Waals surface area contributed by atoms with Crippen molar-refractivity contribution in [2.24, 2.45) is 0 Å². The van der Waals surface area contributed by atoms with Crippen LogP contribution in [-0.2, 0) is 23.0 Å². The molecule has 1 aromatic carbocycles. The standard InChI is InChI=1S/C20H19N3O3S/c24-20-17-5-1-2-6-19(17)27(25,26)23(14-16-4-3-9-22-13-16)18(20)12-15-7-10-21-11-8-15/h1-11,13,18,20,24H,12,14H2/t18-,20-/m1/s1. The lowest BCUT2D eigenvalue weighted by Crippen LogP contribution is -2.48. The minimum absolute atomic E-state index is 0.150. The highest BCUT2D eigenvalue weighted by Gasteiger charge is 2.43. The van der Waals surface area contributed by atoms with Crippen molar-refractivity contribution < 1.29 is 13.5 Å². The van der Waals surface area contributed by atoms with Crippen molar-refractivity contribution in [2.45, 2.75) is 30.0 Å². The van der Waals surface area contributed by atoms with Gasteiger partial charge in [-0.05, 0) is 41.8 Å². The van der Waals surface area contributed by atoms with Gasteiger partial charge in [-0.2, -0.15) is 4.31 Å². The molecule has 0 amide bonds. The Morgan fingerprint density at radius 2 is 1.70 bits per heavy atom. The second kappa shape index (κ2) is 7.19. The fourth-order valence-corrected chi connectivity index (χ4v) is 5.33. The highest BCUT2D eigenvalue weighted by atomic mass is 32.2. The Labute approximate surface area is 158 Å². The average Bonchev–Trinajstić information content (AvgIpc) is 2.71. The van der Waals surface area contributed by atoms with E-state index in [-0.39, 0.29) is 11.4 Å². The minimum atomic E-state index is -3.75. The van der Waals surface area contributed by atoms with Crippen LogP contribution in [0, 0.1) is 0 Å². The Morgan fingerprint density at radius 1 is 0.926 bits per heavy atom. The second-order valence-electron chi connectivity index (χ2n) is 6.52. The van der Waals surface area contributed by atoms with E-state index in [9.17, 15) is 13.5 Å². The number of hydrogen-bond acceptors (Lipinski definition) is 5. The van der Waals surface area contributed by atoms with Gasteiger partial charge in [0.15, 0.2) is 0 Å². The molecule has 7 heteroatoms. The molecule has 2 aromatic heterocycles. The van der Waals surface area contributed by atoms with E-state index in [1.807, 2.05) is 18.2 Å². The van der Waals surface area contributed by atoms with E-state index in [2.05, 4.69) is 9.97 Å². The molecule has 0 unspecified atom stereocenters. The van der Waals surface area contributed by atoms with Gasteiger partial charge in [-0.25, -0.2) is 8.42 Å². The van der Waals surface area contributed by atoms with Crippen LogP contribution >= 0.6 is 0 Å². The molecule has 6 nitrogen and oxygen atoms in total. The average molecular weight is 381 g/mol. The van der Waals surface area contributed by atoms with Crippen molar-refractivity contribution in [1.29, 1.82) is 0 Å². The van der Waals surface area contributed by atoms with Crippen LogP contribution in [0.3, 0.4) is 0 Å². The number of aliphatic hydroxyl groups excluding tert-OH is 1. The van der Waals surface area contributed by atoms with E-state index >= 15 is 0 Å². The Hall–Kier alpha value is -2.61. The molecule has 0 spiro atoms. The summed E-state index contributed by atoms with van der Waals surface area (Å²) < 4.78 is 28.1. The molecule has 0 fully saturated rings. The van der Waals surface area contributed by atoms with Crippen molar-refractivity contribution in [3.05, 3.63) is 90.0 Å². The molecule has 1 aliphatic heterocycles.